The highest BCUT2D eigenvalue weighted by molar-refractivity contribution is 7.91. The van der Waals surface area contributed by atoms with Crippen LogP contribution in [0.15, 0.2) is 114 Å². The molecular weight excluding hydrogens is 717 g/mol. The van der Waals surface area contributed by atoms with Gasteiger partial charge in [0.2, 0.25) is 0 Å². The van der Waals surface area contributed by atoms with Crippen LogP contribution in [0.5, 0.6) is 11.5 Å². The molecule has 56 heavy (non-hydrogen) atoms. The fourth-order valence-corrected chi connectivity index (χ4v) is 8.57. The predicted molar refractivity (Wildman–Crippen MR) is 228 cm³/mol. The van der Waals surface area contributed by atoms with E-state index in [2.05, 4.69) is 6.92 Å². The van der Waals surface area contributed by atoms with E-state index < -0.39 is 15.8 Å². The highest BCUT2D eigenvalue weighted by atomic mass is 32.2. The van der Waals surface area contributed by atoms with Gasteiger partial charge >= 0.3 is 5.97 Å². The zero-order valence-electron chi connectivity index (χ0n) is 33.4. The molecule has 1 unspecified atom stereocenters. The maximum absolute atomic E-state index is 13.0. The number of benzene rings is 5. The zero-order valence-corrected chi connectivity index (χ0v) is 34.3. The smallest absolute Gasteiger partial charge is 0.343 e. The van der Waals surface area contributed by atoms with E-state index in [4.69, 9.17) is 9.47 Å². The van der Waals surface area contributed by atoms with Gasteiger partial charge in [0.15, 0.2) is 9.84 Å². The summed E-state index contributed by atoms with van der Waals surface area (Å²) in [4.78, 5) is 26.2. The van der Waals surface area contributed by atoms with Gasteiger partial charge in [-0.1, -0.05) is 146 Å². The number of esters is 1. The van der Waals surface area contributed by atoms with Crippen LogP contribution in [-0.2, 0) is 27.5 Å². The maximum atomic E-state index is 13.0. The number of ketones is 1. The van der Waals surface area contributed by atoms with Crippen LogP contribution in [0.4, 0.5) is 0 Å². The fourth-order valence-electron chi connectivity index (χ4n) is 6.84. The molecule has 0 radical (unpaired) electrons. The summed E-state index contributed by atoms with van der Waals surface area (Å²) in [5.74, 6) is 1.16. The van der Waals surface area contributed by atoms with E-state index in [0.29, 0.717) is 22.8 Å². The molecule has 0 aliphatic heterocycles. The molecule has 7 heteroatoms. The summed E-state index contributed by atoms with van der Waals surface area (Å²) in [6, 6.07) is 33.4. The summed E-state index contributed by atoms with van der Waals surface area (Å²) in [6.07, 6.45) is 14.3. The van der Waals surface area contributed by atoms with Crippen molar-refractivity contribution in [2.24, 2.45) is 5.92 Å². The van der Waals surface area contributed by atoms with Gasteiger partial charge in [-0.15, -0.1) is 0 Å². The first-order chi connectivity index (χ1) is 27.1. The molecule has 0 aliphatic carbocycles. The quantitative estimate of drug-likeness (QED) is 0.0373. The molecular formula is C49H58O6S. The molecule has 0 saturated carbocycles. The van der Waals surface area contributed by atoms with Crippen molar-refractivity contribution in [3.8, 4) is 22.6 Å². The standard InChI is InChI=1S/C49H58O6S/c1-4-6-7-8-9-10-11-12-13-14-31-54-47-28-25-42-34-44(22-21-43(42)35-47)49(51)55-46-26-23-41(24-27-46)40-19-15-38(16-20-40)32-45(50)33-39-17-29-48(30-18-39)56(52,53)36-37(3)5-2/h15-30,34-35,37H,4-14,31-33,36H2,1-3H3. The van der Waals surface area contributed by atoms with Crippen molar-refractivity contribution in [1.82, 2.24) is 0 Å². The number of rotatable bonds is 23. The molecule has 5 aromatic carbocycles. The van der Waals surface area contributed by atoms with E-state index in [0.717, 1.165) is 51.6 Å². The van der Waals surface area contributed by atoms with Crippen molar-refractivity contribution in [3.05, 3.63) is 126 Å². The zero-order chi connectivity index (χ0) is 39.8. The SMILES string of the molecule is CCCCCCCCCCCCOc1ccc2cc(C(=O)Oc3ccc(-c4ccc(CC(=O)Cc5ccc(S(=O)(=O)CC(C)CC)cc5)cc4)cc3)ccc2c1. The molecule has 0 aromatic heterocycles. The lowest BCUT2D eigenvalue weighted by atomic mass is 9.99. The monoisotopic (exact) mass is 774 g/mol. The molecule has 0 heterocycles. The number of carbonyl (C=O) groups excluding carboxylic acids is 2. The van der Waals surface area contributed by atoms with E-state index in [1.54, 1.807) is 42.5 Å². The first-order valence-electron chi connectivity index (χ1n) is 20.5. The molecule has 0 spiro atoms. The lowest BCUT2D eigenvalue weighted by Gasteiger charge is -2.10. The summed E-state index contributed by atoms with van der Waals surface area (Å²) in [7, 11) is -3.34. The molecule has 0 fully saturated rings. The Hall–Kier alpha value is -4.75. The summed E-state index contributed by atoms with van der Waals surface area (Å²) < 4.78 is 37.0. The van der Waals surface area contributed by atoms with Crippen LogP contribution in [0.2, 0.25) is 0 Å². The number of fused-ring (bicyclic) bond motifs is 1. The average Bonchev–Trinajstić information content (AvgIpc) is 3.20. The lowest BCUT2D eigenvalue weighted by molar-refractivity contribution is -0.117. The van der Waals surface area contributed by atoms with Crippen LogP contribution in [0, 0.1) is 5.92 Å². The predicted octanol–water partition coefficient (Wildman–Crippen LogP) is 12.2. The van der Waals surface area contributed by atoms with Gasteiger partial charge in [-0.05, 0) is 93.9 Å². The first kappa shape index (κ1) is 42.4. The highest BCUT2D eigenvalue weighted by Crippen LogP contribution is 2.26. The number of carbonyl (C=O) groups is 2. The highest BCUT2D eigenvalue weighted by Gasteiger charge is 2.18. The van der Waals surface area contributed by atoms with Crippen molar-refractivity contribution < 1.29 is 27.5 Å². The van der Waals surface area contributed by atoms with E-state index >= 15 is 0 Å². The lowest BCUT2D eigenvalue weighted by Crippen LogP contribution is -2.13. The van der Waals surface area contributed by atoms with Crippen molar-refractivity contribution in [1.29, 1.82) is 0 Å². The molecule has 5 aromatic rings. The molecule has 1 atom stereocenters. The van der Waals surface area contributed by atoms with Gasteiger partial charge in [0.1, 0.15) is 17.3 Å². The molecule has 0 amide bonds. The van der Waals surface area contributed by atoms with Crippen LogP contribution in [-0.4, -0.2) is 32.5 Å². The van der Waals surface area contributed by atoms with Crippen molar-refractivity contribution in [3.63, 3.8) is 0 Å². The van der Waals surface area contributed by atoms with Crippen LogP contribution in [0.3, 0.4) is 0 Å². The van der Waals surface area contributed by atoms with E-state index in [1.165, 1.54) is 57.8 Å². The third-order valence-corrected chi connectivity index (χ3v) is 12.5. The molecule has 5 rings (SSSR count). The fraction of sp³-hybridized carbons (Fsp3) is 0.388. The van der Waals surface area contributed by atoms with Gasteiger partial charge in [-0.2, -0.15) is 0 Å². The maximum Gasteiger partial charge on any atom is 0.343 e. The largest absolute Gasteiger partial charge is 0.494 e. The number of unbranched alkanes of at least 4 members (excludes halogenated alkanes) is 9. The topological polar surface area (TPSA) is 86.7 Å². The minimum atomic E-state index is -3.34. The second-order valence-corrected chi connectivity index (χ2v) is 17.2. The Bertz CT molecular complexity index is 2100. The van der Waals surface area contributed by atoms with Gasteiger partial charge in [0.25, 0.3) is 0 Å². The Kier molecular flexibility index (Phi) is 16.3. The van der Waals surface area contributed by atoms with Gasteiger partial charge in [0, 0.05) is 12.8 Å². The Morgan fingerprint density at radius 3 is 1.71 bits per heavy atom. The van der Waals surface area contributed by atoms with Crippen molar-refractivity contribution in [2.75, 3.05) is 12.4 Å². The first-order valence-corrected chi connectivity index (χ1v) is 22.2. The van der Waals surface area contributed by atoms with Gasteiger partial charge in [-0.25, -0.2) is 13.2 Å². The Labute approximate surface area is 334 Å². The third-order valence-electron chi connectivity index (χ3n) is 10.5. The molecule has 296 valence electrons. The normalized spacial score (nSPS) is 12.1. The van der Waals surface area contributed by atoms with Gasteiger partial charge in [-0.3, -0.25) is 4.79 Å². The van der Waals surface area contributed by atoms with Gasteiger partial charge < -0.3 is 9.47 Å². The summed E-state index contributed by atoms with van der Waals surface area (Å²) >= 11 is 0. The molecule has 0 bridgehead atoms. The van der Waals surface area contributed by atoms with Crippen molar-refractivity contribution in [2.45, 2.75) is 109 Å². The van der Waals surface area contributed by atoms with Crippen LogP contribution >= 0.6 is 0 Å². The third kappa shape index (κ3) is 13.2. The van der Waals surface area contributed by atoms with Crippen LogP contribution < -0.4 is 9.47 Å². The van der Waals surface area contributed by atoms with E-state index in [-0.39, 0.29) is 30.3 Å². The average molecular weight is 775 g/mol. The second-order valence-electron chi connectivity index (χ2n) is 15.2. The summed E-state index contributed by atoms with van der Waals surface area (Å²) in [5, 5.41) is 1.96. The minimum Gasteiger partial charge on any atom is -0.494 e. The van der Waals surface area contributed by atoms with Gasteiger partial charge in [0.05, 0.1) is 22.8 Å². The molecule has 0 saturated heterocycles. The molecule has 0 N–H and O–H groups in total. The number of sulfone groups is 1. The molecule has 6 nitrogen and oxygen atoms in total. The molecule has 0 aliphatic rings. The number of ether oxygens (including phenoxy) is 2. The number of Topliss-reactive ketones (excluding diaryl/α,β-unsaturated/α-hetero) is 1. The minimum absolute atomic E-state index is 0.0547. The number of hydrogen-bond acceptors (Lipinski definition) is 6. The summed E-state index contributed by atoms with van der Waals surface area (Å²) in [6.45, 7) is 6.89. The number of hydrogen-bond donors (Lipinski definition) is 0. The van der Waals surface area contributed by atoms with Crippen molar-refractivity contribution >= 4 is 32.4 Å². The van der Waals surface area contributed by atoms with Crippen LogP contribution in [0.25, 0.3) is 21.9 Å². The van der Waals surface area contributed by atoms with E-state index in [9.17, 15) is 18.0 Å². The second kappa shape index (κ2) is 21.5. The van der Waals surface area contributed by atoms with Crippen LogP contribution in [0.1, 0.15) is 113 Å². The van der Waals surface area contributed by atoms with E-state index in [1.807, 2.05) is 80.6 Å². The Balaban J connectivity index is 1.05. The Morgan fingerprint density at radius 1 is 0.589 bits per heavy atom. The Morgan fingerprint density at radius 2 is 1.11 bits per heavy atom. The summed E-state index contributed by atoms with van der Waals surface area (Å²) in [5.41, 5.74) is 4.12.